The van der Waals surface area contributed by atoms with Gasteiger partial charge in [-0.05, 0) is 48.7 Å². The summed E-state index contributed by atoms with van der Waals surface area (Å²) in [6.45, 7) is 3.90. The van der Waals surface area contributed by atoms with Crippen LogP contribution in [0.4, 0.5) is 5.69 Å². The van der Waals surface area contributed by atoms with E-state index in [0.29, 0.717) is 7.41 Å². The van der Waals surface area contributed by atoms with Crippen molar-refractivity contribution in [2.45, 2.75) is 13.3 Å². The van der Waals surface area contributed by atoms with Gasteiger partial charge < -0.3 is 15.3 Å². The molecule has 1 aromatic carbocycles. The fraction of sp³-hybridized carbons (Fsp3) is 0.308. The lowest BCUT2D eigenvalue weighted by Crippen LogP contribution is -2.32. The second-order valence-electron chi connectivity index (χ2n) is 4.48. The molecule has 0 spiro atoms. The molecule has 2 rings (SSSR count). The molecule has 0 saturated heterocycles. The molecule has 0 amide bonds. The molecular formula is C13H17BN2O. The molecule has 0 atom stereocenters. The van der Waals surface area contributed by atoms with Crippen molar-refractivity contribution in [1.82, 2.24) is 4.81 Å². The van der Waals surface area contributed by atoms with E-state index in [1.165, 1.54) is 16.7 Å². The van der Waals surface area contributed by atoms with E-state index in [-0.39, 0.29) is 0 Å². The Kier molecular flexibility index (Phi) is 3.64. The molecule has 0 aromatic heterocycles. The Bertz CT molecular complexity index is 457. The van der Waals surface area contributed by atoms with Crippen molar-refractivity contribution in [3.63, 3.8) is 0 Å². The second kappa shape index (κ2) is 5.19. The Hall–Kier alpha value is -1.55. The van der Waals surface area contributed by atoms with Gasteiger partial charge in [-0.15, -0.1) is 0 Å². The molecule has 88 valence electrons. The van der Waals surface area contributed by atoms with Crippen LogP contribution in [0.15, 0.2) is 24.3 Å². The lowest BCUT2D eigenvalue weighted by Gasteiger charge is -2.25. The number of rotatable bonds is 3. The number of carbonyl (C=O) groups is 1. The lowest BCUT2D eigenvalue weighted by molar-refractivity contribution is 0.487. The summed E-state index contributed by atoms with van der Waals surface area (Å²) in [5.74, 6) is 0. The predicted octanol–water partition coefficient (Wildman–Crippen LogP) is 1.21. The van der Waals surface area contributed by atoms with Crippen molar-refractivity contribution >= 4 is 24.9 Å². The summed E-state index contributed by atoms with van der Waals surface area (Å²) in [5, 5.41) is 0. The minimum absolute atomic E-state index is 0.532. The quantitative estimate of drug-likeness (QED) is 0.480. The van der Waals surface area contributed by atoms with Gasteiger partial charge in [0.25, 0.3) is 7.41 Å². The zero-order valence-corrected chi connectivity index (χ0v) is 10.1. The van der Waals surface area contributed by atoms with Crippen LogP contribution >= 0.6 is 0 Å². The number of benzene rings is 1. The summed E-state index contributed by atoms with van der Waals surface area (Å²) in [6, 6.07) is 6.04. The van der Waals surface area contributed by atoms with Crippen LogP contribution in [0, 0.1) is 6.92 Å². The molecule has 0 fully saturated rings. The largest absolute Gasteiger partial charge is 0.399 e. The molecule has 1 heterocycles. The van der Waals surface area contributed by atoms with Crippen molar-refractivity contribution in [2.24, 2.45) is 0 Å². The van der Waals surface area contributed by atoms with E-state index in [1.807, 2.05) is 12.1 Å². The van der Waals surface area contributed by atoms with Crippen LogP contribution in [0.2, 0.25) is 0 Å². The first-order chi connectivity index (χ1) is 8.20. The van der Waals surface area contributed by atoms with Crippen molar-refractivity contribution in [1.29, 1.82) is 0 Å². The number of hydrogen-bond donors (Lipinski definition) is 1. The highest BCUT2D eigenvalue weighted by atomic mass is 16.1. The summed E-state index contributed by atoms with van der Waals surface area (Å²) >= 11 is 0. The SMILES string of the molecule is Cc1cc(N)ccc1C1=CCN(BC=O)CC1. The first-order valence-electron chi connectivity index (χ1n) is 5.92. The monoisotopic (exact) mass is 228 g/mol. The van der Waals surface area contributed by atoms with Gasteiger partial charge in [-0.3, -0.25) is 0 Å². The Labute approximate surface area is 103 Å². The van der Waals surface area contributed by atoms with Crippen molar-refractivity contribution in [3.05, 3.63) is 35.4 Å². The van der Waals surface area contributed by atoms with E-state index in [1.54, 1.807) is 0 Å². The van der Waals surface area contributed by atoms with E-state index in [9.17, 15) is 4.79 Å². The Morgan fingerprint density at radius 3 is 2.88 bits per heavy atom. The topological polar surface area (TPSA) is 46.3 Å². The molecule has 4 heteroatoms. The predicted molar refractivity (Wildman–Crippen MR) is 73.7 cm³/mol. The van der Waals surface area contributed by atoms with E-state index in [4.69, 9.17) is 5.73 Å². The number of nitrogens with zero attached hydrogens (tertiary/aromatic N) is 1. The zero-order valence-electron chi connectivity index (χ0n) is 10.1. The fourth-order valence-corrected chi connectivity index (χ4v) is 2.27. The summed E-state index contributed by atoms with van der Waals surface area (Å²) in [6.07, 6.45) is 4.18. The molecule has 0 bridgehead atoms. The maximum atomic E-state index is 10.4. The summed E-state index contributed by atoms with van der Waals surface area (Å²) in [5.41, 5.74) is 10.4. The molecule has 0 unspecified atom stereocenters. The standard InChI is InChI=1S/C13H17BN2O/c1-10-8-12(15)2-3-13(10)11-4-6-16(7-5-11)14-9-17/h2-4,8-9,14H,5-7,15H2,1H3. The van der Waals surface area contributed by atoms with E-state index < -0.39 is 0 Å². The van der Waals surface area contributed by atoms with Crippen LogP contribution in [0.3, 0.4) is 0 Å². The zero-order chi connectivity index (χ0) is 12.3. The molecule has 1 aliphatic heterocycles. The number of carbonyl (C=O) groups excluding carboxylic acids is 1. The Morgan fingerprint density at radius 2 is 2.29 bits per heavy atom. The Balaban J connectivity index is 2.16. The number of anilines is 1. The Morgan fingerprint density at radius 1 is 1.47 bits per heavy atom. The molecule has 3 nitrogen and oxygen atoms in total. The summed E-state index contributed by atoms with van der Waals surface area (Å²) < 4.78 is 0. The van der Waals surface area contributed by atoms with Crippen LogP contribution in [0.5, 0.6) is 0 Å². The number of hydrogen-bond acceptors (Lipinski definition) is 3. The molecule has 2 N–H and O–H groups in total. The van der Waals surface area contributed by atoms with Gasteiger partial charge in [-0.2, -0.15) is 0 Å². The van der Waals surface area contributed by atoms with Gasteiger partial charge in [0.1, 0.15) is 0 Å². The highest BCUT2D eigenvalue weighted by Gasteiger charge is 2.14. The van der Waals surface area contributed by atoms with Crippen LogP contribution in [-0.2, 0) is 4.79 Å². The fourth-order valence-electron chi connectivity index (χ4n) is 2.27. The van der Waals surface area contributed by atoms with Gasteiger partial charge in [-0.25, -0.2) is 0 Å². The summed E-state index contributed by atoms with van der Waals surface area (Å²) in [4.78, 5) is 12.6. The van der Waals surface area contributed by atoms with Gasteiger partial charge >= 0.3 is 0 Å². The van der Waals surface area contributed by atoms with Crippen LogP contribution in [0.25, 0.3) is 5.57 Å². The third kappa shape index (κ3) is 2.77. The van der Waals surface area contributed by atoms with Crippen molar-refractivity contribution < 1.29 is 4.79 Å². The summed E-state index contributed by atoms with van der Waals surface area (Å²) in [7, 11) is 0.532. The minimum atomic E-state index is 0.532. The molecule has 0 aliphatic carbocycles. The highest BCUT2D eigenvalue weighted by Crippen LogP contribution is 2.26. The normalized spacial score (nSPS) is 16.4. The van der Waals surface area contributed by atoms with Crippen LogP contribution in [0.1, 0.15) is 17.5 Å². The van der Waals surface area contributed by atoms with Crippen LogP contribution < -0.4 is 5.73 Å². The molecule has 0 radical (unpaired) electrons. The number of nitrogen functional groups attached to an aromatic ring is 1. The van der Waals surface area contributed by atoms with Gasteiger partial charge in [0, 0.05) is 12.2 Å². The van der Waals surface area contributed by atoms with E-state index in [0.717, 1.165) is 31.4 Å². The third-order valence-corrected chi connectivity index (χ3v) is 3.22. The maximum Gasteiger partial charge on any atom is 0.281 e. The van der Waals surface area contributed by atoms with Gasteiger partial charge in [-0.1, -0.05) is 12.1 Å². The number of nitrogens with two attached hydrogens (primary N) is 1. The third-order valence-electron chi connectivity index (χ3n) is 3.22. The molecule has 0 saturated carbocycles. The molecule has 1 aromatic rings. The van der Waals surface area contributed by atoms with E-state index in [2.05, 4.69) is 23.9 Å². The highest BCUT2D eigenvalue weighted by molar-refractivity contribution is 6.64. The van der Waals surface area contributed by atoms with Gasteiger partial charge in [0.2, 0.25) is 0 Å². The smallest absolute Gasteiger partial charge is 0.281 e. The van der Waals surface area contributed by atoms with Crippen molar-refractivity contribution in [3.8, 4) is 0 Å². The molecular weight excluding hydrogens is 211 g/mol. The average Bonchev–Trinajstić information content (AvgIpc) is 2.31. The van der Waals surface area contributed by atoms with Crippen LogP contribution in [-0.4, -0.2) is 31.5 Å². The molecule has 17 heavy (non-hydrogen) atoms. The second-order valence-corrected chi connectivity index (χ2v) is 4.48. The maximum absolute atomic E-state index is 10.4. The van der Waals surface area contributed by atoms with Crippen molar-refractivity contribution in [2.75, 3.05) is 18.8 Å². The molecule has 1 aliphatic rings. The first-order valence-corrected chi connectivity index (χ1v) is 5.92. The van der Waals surface area contributed by atoms with Gasteiger partial charge in [0.05, 0.1) is 6.19 Å². The average molecular weight is 228 g/mol. The number of aryl methyl sites for hydroxylation is 1. The first kappa shape index (κ1) is 11.9. The van der Waals surface area contributed by atoms with Gasteiger partial charge in [0.15, 0.2) is 0 Å². The van der Waals surface area contributed by atoms with E-state index >= 15 is 0 Å². The lowest BCUT2D eigenvalue weighted by atomic mass is 9.88. The minimum Gasteiger partial charge on any atom is -0.399 e.